The molecule has 1 nitrogen and oxygen atoms in total. The summed E-state index contributed by atoms with van der Waals surface area (Å²) in [6.07, 6.45) is 2.58. The Labute approximate surface area is 149 Å². The fraction of sp³-hybridized carbons (Fsp3) is 0.208. The Morgan fingerprint density at radius 1 is 0.680 bits per heavy atom. The Kier molecular flexibility index (Phi) is 4.23. The molecule has 3 aromatic carbocycles. The Hall–Kier alpha value is -2.67. The second kappa shape index (κ2) is 6.68. The molecular weight excluding hydrogens is 304 g/mol. The number of rotatable bonds is 5. The van der Waals surface area contributed by atoms with Crippen LogP contribution in [0.25, 0.3) is 0 Å². The Balaban J connectivity index is 1.95. The monoisotopic (exact) mass is 326 g/mol. The number of ketones is 1. The molecule has 1 aliphatic rings. The zero-order chi connectivity index (χ0) is 17.1. The molecule has 124 valence electrons. The van der Waals surface area contributed by atoms with Crippen molar-refractivity contribution >= 4 is 5.78 Å². The first-order chi connectivity index (χ1) is 12.3. The number of hydrogen-bond donors (Lipinski definition) is 0. The lowest BCUT2D eigenvalue weighted by Gasteiger charge is -2.40. The summed E-state index contributed by atoms with van der Waals surface area (Å²) in [7, 11) is 0. The molecule has 0 spiro atoms. The molecule has 0 unspecified atom stereocenters. The van der Waals surface area contributed by atoms with Crippen molar-refractivity contribution < 1.29 is 4.79 Å². The molecule has 1 fully saturated rings. The second-order valence-electron chi connectivity index (χ2n) is 6.91. The van der Waals surface area contributed by atoms with Crippen LogP contribution in [-0.2, 0) is 10.2 Å². The molecule has 0 aliphatic heterocycles. The van der Waals surface area contributed by atoms with Crippen LogP contribution >= 0.6 is 0 Å². The van der Waals surface area contributed by atoms with E-state index in [1.807, 2.05) is 0 Å². The molecule has 1 atom stereocenters. The minimum absolute atomic E-state index is 0.153. The maximum atomic E-state index is 12.2. The lowest BCUT2D eigenvalue weighted by molar-refractivity contribution is -0.129. The summed E-state index contributed by atoms with van der Waals surface area (Å²) < 4.78 is 0. The third kappa shape index (κ3) is 2.80. The van der Waals surface area contributed by atoms with Crippen molar-refractivity contribution in [3.63, 3.8) is 0 Å². The predicted octanol–water partition coefficient (Wildman–Crippen LogP) is 5.39. The smallest absolute Gasteiger partial charge is 0.136 e. The molecule has 0 N–H and O–H groups in total. The Morgan fingerprint density at radius 2 is 1.08 bits per heavy atom. The normalized spacial score (nSPS) is 17.1. The zero-order valence-corrected chi connectivity index (χ0v) is 14.3. The number of Topliss-reactive ketones (excluding diaryl/α,β-unsaturated/α-hetero) is 1. The van der Waals surface area contributed by atoms with E-state index in [4.69, 9.17) is 0 Å². The summed E-state index contributed by atoms with van der Waals surface area (Å²) in [5.74, 6) is 0.563. The number of carbonyl (C=O) groups excluding carboxylic acids is 1. The molecule has 1 aliphatic carbocycles. The highest BCUT2D eigenvalue weighted by Gasteiger charge is 2.42. The Morgan fingerprint density at radius 3 is 1.36 bits per heavy atom. The van der Waals surface area contributed by atoms with E-state index < -0.39 is 0 Å². The Bertz CT molecular complexity index is 740. The van der Waals surface area contributed by atoms with Crippen molar-refractivity contribution in [2.24, 2.45) is 5.92 Å². The number of benzene rings is 3. The average molecular weight is 326 g/mol. The van der Waals surface area contributed by atoms with Crippen LogP contribution in [0, 0.1) is 5.92 Å². The van der Waals surface area contributed by atoms with Gasteiger partial charge in [-0.3, -0.25) is 4.79 Å². The quantitative estimate of drug-likeness (QED) is 0.574. The zero-order valence-electron chi connectivity index (χ0n) is 14.3. The topological polar surface area (TPSA) is 17.1 Å². The van der Waals surface area contributed by atoms with Crippen LogP contribution in [0.5, 0.6) is 0 Å². The van der Waals surface area contributed by atoms with Crippen molar-refractivity contribution in [3.8, 4) is 0 Å². The van der Waals surface area contributed by atoms with Crippen molar-refractivity contribution in [2.45, 2.75) is 24.7 Å². The van der Waals surface area contributed by atoms with E-state index in [1.165, 1.54) is 16.7 Å². The highest BCUT2D eigenvalue weighted by molar-refractivity contribution is 5.86. The second-order valence-corrected chi connectivity index (χ2v) is 6.91. The van der Waals surface area contributed by atoms with Crippen molar-refractivity contribution in [1.82, 2.24) is 0 Å². The van der Waals surface area contributed by atoms with E-state index in [0.29, 0.717) is 5.78 Å². The van der Waals surface area contributed by atoms with Gasteiger partial charge in [0.2, 0.25) is 0 Å². The van der Waals surface area contributed by atoms with Crippen LogP contribution in [0.3, 0.4) is 0 Å². The molecule has 0 aromatic heterocycles. The van der Waals surface area contributed by atoms with Crippen molar-refractivity contribution in [2.75, 3.05) is 0 Å². The standard InChI is InChI=1S/C24H22O/c25-23-17-16-19(23)18-24(20-10-4-1-5-11-20,21-12-6-2-7-13-21)22-14-8-3-9-15-22/h1-15,19H,16-18H2/t19-/m0/s1. The average Bonchev–Trinajstić information content (AvgIpc) is 2.70. The van der Waals surface area contributed by atoms with Crippen LogP contribution in [0.2, 0.25) is 0 Å². The van der Waals surface area contributed by atoms with E-state index in [2.05, 4.69) is 91.0 Å². The largest absolute Gasteiger partial charge is 0.299 e. The third-order valence-electron chi connectivity index (χ3n) is 5.55. The van der Waals surface area contributed by atoms with Gasteiger partial charge in [-0.15, -0.1) is 0 Å². The van der Waals surface area contributed by atoms with Gasteiger partial charge in [0.1, 0.15) is 5.78 Å². The van der Waals surface area contributed by atoms with Crippen molar-refractivity contribution in [1.29, 1.82) is 0 Å². The van der Waals surface area contributed by atoms with E-state index in [0.717, 1.165) is 19.3 Å². The van der Waals surface area contributed by atoms with Crippen LogP contribution in [0.15, 0.2) is 91.0 Å². The molecule has 1 heteroatoms. The summed E-state index contributed by atoms with van der Waals surface area (Å²) in [4.78, 5) is 12.2. The fourth-order valence-electron chi connectivity index (χ4n) is 4.07. The first-order valence-electron chi connectivity index (χ1n) is 9.00. The van der Waals surface area contributed by atoms with Crippen LogP contribution in [-0.4, -0.2) is 5.78 Å². The van der Waals surface area contributed by atoms with Crippen LogP contribution in [0.1, 0.15) is 36.0 Å². The molecule has 3 aromatic rings. The molecule has 0 heterocycles. The van der Waals surface area contributed by atoms with Gasteiger partial charge in [0, 0.05) is 17.8 Å². The van der Waals surface area contributed by atoms with Gasteiger partial charge >= 0.3 is 0 Å². The third-order valence-corrected chi connectivity index (χ3v) is 5.55. The SMILES string of the molecule is O=C1CC[C@H]1CC(c1ccccc1)(c1ccccc1)c1ccccc1. The van der Waals surface area contributed by atoms with E-state index in [9.17, 15) is 4.79 Å². The lowest BCUT2D eigenvalue weighted by Crippen LogP contribution is -2.38. The molecule has 0 amide bonds. The first kappa shape index (κ1) is 15.8. The lowest BCUT2D eigenvalue weighted by atomic mass is 9.61. The predicted molar refractivity (Wildman–Crippen MR) is 102 cm³/mol. The van der Waals surface area contributed by atoms with Gasteiger partial charge in [-0.05, 0) is 29.5 Å². The molecule has 0 radical (unpaired) electrons. The minimum Gasteiger partial charge on any atom is -0.299 e. The van der Waals surface area contributed by atoms with E-state index >= 15 is 0 Å². The van der Waals surface area contributed by atoms with Crippen LogP contribution in [0.4, 0.5) is 0 Å². The number of hydrogen-bond acceptors (Lipinski definition) is 1. The molecule has 0 saturated heterocycles. The van der Waals surface area contributed by atoms with E-state index in [1.54, 1.807) is 0 Å². The van der Waals surface area contributed by atoms with Crippen molar-refractivity contribution in [3.05, 3.63) is 108 Å². The molecule has 0 bridgehead atoms. The highest BCUT2D eigenvalue weighted by atomic mass is 16.1. The molecule has 4 rings (SSSR count). The maximum absolute atomic E-state index is 12.2. The summed E-state index contributed by atoms with van der Waals surface area (Å²) in [5.41, 5.74) is 3.48. The molecule has 1 saturated carbocycles. The van der Waals surface area contributed by atoms with Gasteiger partial charge in [-0.2, -0.15) is 0 Å². The fourth-order valence-corrected chi connectivity index (χ4v) is 4.07. The van der Waals surface area contributed by atoms with Gasteiger partial charge in [-0.25, -0.2) is 0 Å². The summed E-state index contributed by atoms with van der Waals surface area (Å²) in [5, 5.41) is 0. The van der Waals surface area contributed by atoms with Crippen LogP contribution < -0.4 is 0 Å². The maximum Gasteiger partial charge on any atom is 0.136 e. The summed E-state index contributed by atoms with van der Waals surface area (Å²) >= 11 is 0. The minimum atomic E-state index is -0.287. The highest BCUT2D eigenvalue weighted by Crippen LogP contribution is 2.46. The van der Waals surface area contributed by atoms with E-state index in [-0.39, 0.29) is 11.3 Å². The molecular formula is C24H22O. The van der Waals surface area contributed by atoms with Gasteiger partial charge in [0.15, 0.2) is 0 Å². The van der Waals surface area contributed by atoms with Gasteiger partial charge in [-0.1, -0.05) is 91.0 Å². The van der Waals surface area contributed by atoms with Gasteiger partial charge in [0.25, 0.3) is 0 Å². The van der Waals surface area contributed by atoms with Gasteiger partial charge < -0.3 is 0 Å². The van der Waals surface area contributed by atoms with Gasteiger partial charge in [0.05, 0.1) is 0 Å². The molecule has 25 heavy (non-hydrogen) atoms. The summed E-state index contributed by atoms with van der Waals surface area (Å²) in [6, 6.07) is 31.9. The first-order valence-corrected chi connectivity index (χ1v) is 9.00. The number of carbonyl (C=O) groups is 1. The summed E-state index contributed by atoms with van der Waals surface area (Å²) in [6.45, 7) is 0.